The van der Waals surface area contributed by atoms with Gasteiger partial charge in [0.25, 0.3) is 0 Å². The van der Waals surface area contributed by atoms with Gasteiger partial charge in [-0.1, -0.05) is 50.6 Å². The van der Waals surface area contributed by atoms with Crippen LogP contribution in [0.2, 0.25) is 0 Å². The maximum Gasteiger partial charge on any atom is 0.335 e. The molecule has 1 aromatic carbocycles. The van der Waals surface area contributed by atoms with Crippen LogP contribution in [0.3, 0.4) is 0 Å². The third-order valence-electron chi connectivity index (χ3n) is 3.62. The number of aromatic hydroxyl groups is 1. The maximum absolute atomic E-state index is 11.6. The molecule has 0 saturated heterocycles. The second-order valence-corrected chi connectivity index (χ2v) is 5.73. The monoisotopic (exact) mass is 335 g/mol. The molecule has 0 unspecified atom stereocenters. The van der Waals surface area contributed by atoms with Crippen molar-refractivity contribution in [2.75, 3.05) is 6.61 Å². The number of carbonyl (C=O) groups excluding carboxylic acids is 1. The molecule has 0 bridgehead atoms. The smallest absolute Gasteiger partial charge is 0.335 e. The van der Waals surface area contributed by atoms with Gasteiger partial charge in [-0.15, -0.1) is 0 Å². The topological polar surface area (TPSA) is 68.1 Å². The summed E-state index contributed by atoms with van der Waals surface area (Å²) in [4.78, 5) is 16.4. The zero-order valence-corrected chi connectivity index (χ0v) is 14.8. The molecule has 0 aromatic heterocycles. The summed E-state index contributed by atoms with van der Waals surface area (Å²) in [5, 5.41) is 13.3. The van der Waals surface area contributed by atoms with Crippen LogP contribution in [0.4, 0.5) is 0 Å². The highest BCUT2D eigenvalue weighted by atomic mass is 16.7. The summed E-state index contributed by atoms with van der Waals surface area (Å²) in [5.74, 6) is 0.143. The minimum absolute atomic E-state index is 0.0740. The maximum atomic E-state index is 11.6. The Kier molecular flexibility index (Phi) is 10.3. The van der Waals surface area contributed by atoms with Crippen molar-refractivity contribution in [1.82, 2.24) is 0 Å². The van der Waals surface area contributed by atoms with E-state index in [2.05, 4.69) is 12.1 Å². The Morgan fingerprint density at radius 3 is 2.54 bits per heavy atom. The summed E-state index contributed by atoms with van der Waals surface area (Å²) >= 11 is 0. The third-order valence-corrected chi connectivity index (χ3v) is 3.62. The van der Waals surface area contributed by atoms with Crippen LogP contribution in [0, 0.1) is 0 Å². The van der Waals surface area contributed by atoms with E-state index >= 15 is 0 Å². The van der Waals surface area contributed by atoms with E-state index in [0.29, 0.717) is 24.3 Å². The summed E-state index contributed by atoms with van der Waals surface area (Å²) in [6.07, 6.45) is 9.95. The van der Waals surface area contributed by atoms with E-state index in [0.717, 1.165) is 12.8 Å². The molecule has 0 atom stereocenters. The number of hydrogen-bond donors (Lipinski definition) is 1. The Bertz CT molecular complexity index is 514. The Morgan fingerprint density at radius 2 is 1.83 bits per heavy atom. The molecule has 1 rings (SSSR count). The first-order valence-corrected chi connectivity index (χ1v) is 8.86. The van der Waals surface area contributed by atoms with E-state index in [1.807, 2.05) is 6.92 Å². The van der Waals surface area contributed by atoms with Crippen molar-refractivity contribution in [2.24, 2.45) is 5.16 Å². The number of oxime groups is 1. The number of phenolic OH excluding ortho intramolecular Hbond substituents is 1. The number of unbranched alkanes of at least 4 members (excludes halogenated alkanes) is 6. The fourth-order valence-electron chi connectivity index (χ4n) is 2.30. The molecule has 0 aliphatic heterocycles. The zero-order valence-electron chi connectivity index (χ0n) is 14.8. The van der Waals surface area contributed by atoms with Crippen LogP contribution in [-0.4, -0.2) is 23.9 Å². The molecule has 0 saturated carbocycles. The van der Waals surface area contributed by atoms with Gasteiger partial charge in [-0.3, -0.25) is 0 Å². The highest BCUT2D eigenvalue weighted by Gasteiger charge is 2.04. The number of ether oxygens (including phenoxy) is 1. The summed E-state index contributed by atoms with van der Waals surface area (Å²) in [6.45, 7) is 4.50. The summed E-state index contributed by atoms with van der Waals surface area (Å²) < 4.78 is 5.29. The predicted molar refractivity (Wildman–Crippen MR) is 95.6 cm³/mol. The van der Waals surface area contributed by atoms with E-state index in [4.69, 9.17) is 9.57 Å². The molecule has 0 amide bonds. The molecule has 5 nitrogen and oxygen atoms in total. The Hall–Kier alpha value is -2.04. The van der Waals surface area contributed by atoms with Crippen LogP contribution in [0.5, 0.6) is 11.5 Å². The van der Waals surface area contributed by atoms with Gasteiger partial charge in [0.2, 0.25) is 0 Å². The second kappa shape index (κ2) is 12.4. The van der Waals surface area contributed by atoms with Gasteiger partial charge in [-0.25, -0.2) is 4.79 Å². The highest BCUT2D eigenvalue weighted by Crippen LogP contribution is 2.26. The van der Waals surface area contributed by atoms with E-state index in [9.17, 15) is 9.90 Å². The summed E-state index contributed by atoms with van der Waals surface area (Å²) in [6, 6.07) is 4.84. The SMILES string of the molecule is CCCCCCCCCC(=O)O/N=C/c1ccc(O)c(OCC)c1. The standard InChI is InChI=1S/C19H29NO4/c1-3-5-6-7-8-9-10-11-19(22)24-20-15-16-12-13-17(21)18(14-16)23-4-2/h12-15,21H,3-11H2,1-2H3/b20-15+. The van der Waals surface area contributed by atoms with Crippen LogP contribution in [-0.2, 0) is 9.63 Å². The minimum atomic E-state index is -0.316. The lowest BCUT2D eigenvalue weighted by Gasteiger charge is -2.05. The normalized spacial score (nSPS) is 10.9. The summed E-state index contributed by atoms with van der Waals surface area (Å²) in [7, 11) is 0. The average molecular weight is 335 g/mol. The van der Waals surface area contributed by atoms with E-state index in [1.54, 1.807) is 12.1 Å². The molecular weight excluding hydrogens is 306 g/mol. The quantitative estimate of drug-likeness (QED) is 0.258. The molecule has 134 valence electrons. The lowest BCUT2D eigenvalue weighted by molar-refractivity contribution is -0.143. The van der Waals surface area contributed by atoms with Gasteiger partial charge in [0.1, 0.15) is 0 Å². The van der Waals surface area contributed by atoms with Crippen molar-refractivity contribution in [3.05, 3.63) is 23.8 Å². The third kappa shape index (κ3) is 8.56. The second-order valence-electron chi connectivity index (χ2n) is 5.73. The first kappa shape index (κ1) is 20.0. The molecule has 5 heteroatoms. The average Bonchev–Trinajstić information content (AvgIpc) is 2.57. The molecule has 1 aromatic rings. The predicted octanol–water partition coefficient (Wildman–Crippen LogP) is 4.81. The van der Waals surface area contributed by atoms with Gasteiger partial charge in [0.05, 0.1) is 12.8 Å². The van der Waals surface area contributed by atoms with Crippen molar-refractivity contribution in [2.45, 2.75) is 65.2 Å². The largest absolute Gasteiger partial charge is 0.504 e. The fraction of sp³-hybridized carbons (Fsp3) is 0.579. The van der Waals surface area contributed by atoms with Crippen LogP contribution in [0.25, 0.3) is 0 Å². The van der Waals surface area contributed by atoms with Crippen LogP contribution in [0.1, 0.15) is 70.8 Å². The molecule has 24 heavy (non-hydrogen) atoms. The Morgan fingerprint density at radius 1 is 1.12 bits per heavy atom. The number of rotatable bonds is 12. The van der Waals surface area contributed by atoms with Crippen molar-refractivity contribution in [1.29, 1.82) is 0 Å². The van der Waals surface area contributed by atoms with Gasteiger partial charge in [-0.2, -0.15) is 0 Å². The molecular formula is C19H29NO4. The molecule has 0 heterocycles. The molecule has 0 aliphatic carbocycles. The summed E-state index contributed by atoms with van der Waals surface area (Å²) in [5.41, 5.74) is 0.694. The van der Waals surface area contributed by atoms with Crippen molar-refractivity contribution in [3.8, 4) is 11.5 Å². The van der Waals surface area contributed by atoms with Crippen LogP contribution in [0.15, 0.2) is 23.4 Å². The minimum Gasteiger partial charge on any atom is -0.504 e. The van der Waals surface area contributed by atoms with E-state index in [1.165, 1.54) is 44.4 Å². The molecule has 0 radical (unpaired) electrons. The number of nitrogens with zero attached hydrogens (tertiary/aromatic N) is 1. The van der Waals surface area contributed by atoms with E-state index in [-0.39, 0.29) is 11.7 Å². The van der Waals surface area contributed by atoms with Gasteiger partial charge < -0.3 is 14.7 Å². The van der Waals surface area contributed by atoms with Crippen molar-refractivity contribution >= 4 is 12.2 Å². The first-order valence-electron chi connectivity index (χ1n) is 8.86. The Balaban J connectivity index is 2.24. The molecule has 0 aliphatic rings. The van der Waals surface area contributed by atoms with Gasteiger partial charge >= 0.3 is 5.97 Å². The number of phenols is 1. The molecule has 1 N–H and O–H groups in total. The highest BCUT2D eigenvalue weighted by molar-refractivity contribution is 5.81. The molecule has 0 fully saturated rings. The lowest BCUT2D eigenvalue weighted by Crippen LogP contribution is -2.00. The molecule has 0 spiro atoms. The fourth-order valence-corrected chi connectivity index (χ4v) is 2.30. The van der Waals surface area contributed by atoms with Gasteiger partial charge in [0, 0.05) is 12.0 Å². The number of benzene rings is 1. The number of hydrogen-bond acceptors (Lipinski definition) is 5. The van der Waals surface area contributed by atoms with Gasteiger partial charge in [-0.05, 0) is 31.5 Å². The lowest BCUT2D eigenvalue weighted by atomic mass is 10.1. The van der Waals surface area contributed by atoms with Crippen molar-refractivity contribution < 1.29 is 19.5 Å². The first-order chi connectivity index (χ1) is 11.7. The zero-order chi connectivity index (χ0) is 17.6. The van der Waals surface area contributed by atoms with Gasteiger partial charge in [0.15, 0.2) is 11.5 Å². The Labute approximate surface area is 144 Å². The number of carbonyl (C=O) groups is 1. The van der Waals surface area contributed by atoms with E-state index < -0.39 is 0 Å². The van der Waals surface area contributed by atoms with Crippen LogP contribution < -0.4 is 4.74 Å². The van der Waals surface area contributed by atoms with Crippen LogP contribution >= 0.6 is 0 Å². The van der Waals surface area contributed by atoms with Crippen molar-refractivity contribution in [3.63, 3.8) is 0 Å².